The van der Waals surface area contributed by atoms with E-state index in [4.69, 9.17) is 19.4 Å². The van der Waals surface area contributed by atoms with Gasteiger partial charge in [0.1, 0.15) is 11.2 Å². The number of aromatic nitrogens is 5. The Kier molecular flexibility index (Phi) is 7.76. The SMILES string of the molecule is C=C(/C=C\C=C/C)c1nc(-c2ccccc2)nc(-c2ccc3oc4ccc(-n5c6ccccc6c6cc7c(cc65)c5ccccc5n7-c5ccccc5)cc4c3c2)n1. The fraction of sp³-hybridized carbons (Fsp3) is 0.0192. The summed E-state index contributed by atoms with van der Waals surface area (Å²) in [4.78, 5) is 14.8. The summed E-state index contributed by atoms with van der Waals surface area (Å²) in [6.07, 6.45) is 7.79. The molecule has 0 aliphatic rings. The molecule has 0 bridgehead atoms. The molecule has 6 heteroatoms. The topological polar surface area (TPSA) is 61.7 Å². The van der Waals surface area contributed by atoms with E-state index < -0.39 is 0 Å². The van der Waals surface area contributed by atoms with E-state index in [0.29, 0.717) is 23.0 Å². The maximum atomic E-state index is 6.46. The van der Waals surface area contributed by atoms with Crippen molar-refractivity contribution in [1.29, 1.82) is 0 Å². The summed E-state index contributed by atoms with van der Waals surface area (Å²) in [6.45, 7) is 6.26. The highest BCUT2D eigenvalue weighted by Gasteiger charge is 2.20. The van der Waals surface area contributed by atoms with Crippen molar-refractivity contribution >= 4 is 71.1 Å². The van der Waals surface area contributed by atoms with Gasteiger partial charge in [0, 0.05) is 60.4 Å². The largest absolute Gasteiger partial charge is 0.456 e. The zero-order valence-corrected chi connectivity index (χ0v) is 31.7. The highest BCUT2D eigenvalue weighted by molar-refractivity contribution is 6.19. The molecule has 58 heavy (non-hydrogen) atoms. The minimum absolute atomic E-state index is 0.524. The van der Waals surface area contributed by atoms with Crippen LogP contribution in [0, 0.1) is 0 Å². The van der Waals surface area contributed by atoms with Crippen LogP contribution in [0.15, 0.2) is 193 Å². The van der Waals surface area contributed by atoms with Crippen LogP contribution in [-0.2, 0) is 0 Å². The Labute approximate surface area is 334 Å². The smallest absolute Gasteiger partial charge is 0.164 e. The first-order chi connectivity index (χ1) is 28.6. The van der Waals surface area contributed by atoms with Crippen molar-refractivity contribution in [3.05, 3.63) is 194 Å². The molecular formula is C52H35N5O. The van der Waals surface area contributed by atoms with E-state index in [2.05, 4.69) is 131 Å². The first kappa shape index (κ1) is 33.5. The molecule has 0 fully saturated rings. The number of allylic oxidation sites excluding steroid dienone is 5. The molecule has 4 aromatic heterocycles. The van der Waals surface area contributed by atoms with Crippen LogP contribution >= 0.6 is 0 Å². The Balaban J connectivity index is 1.10. The lowest BCUT2D eigenvalue weighted by Crippen LogP contribution is -2.01. The van der Waals surface area contributed by atoms with Gasteiger partial charge < -0.3 is 13.6 Å². The summed E-state index contributed by atoms with van der Waals surface area (Å²) < 4.78 is 11.2. The van der Waals surface area contributed by atoms with Crippen LogP contribution in [0.4, 0.5) is 0 Å². The van der Waals surface area contributed by atoms with Crippen LogP contribution in [0.3, 0.4) is 0 Å². The molecule has 4 heterocycles. The highest BCUT2D eigenvalue weighted by atomic mass is 16.3. The number of nitrogens with zero attached hydrogens (tertiary/aromatic N) is 5. The van der Waals surface area contributed by atoms with Gasteiger partial charge in [0.05, 0.1) is 22.1 Å². The summed E-state index contributed by atoms with van der Waals surface area (Å²) in [5, 5.41) is 6.83. The Hall–Kier alpha value is -7.83. The Bertz CT molecular complexity index is 3480. The number of benzene rings is 7. The number of fused-ring (bicyclic) bond motifs is 9. The predicted octanol–water partition coefficient (Wildman–Crippen LogP) is 13.4. The summed E-state index contributed by atoms with van der Waals surface area (Å²) in [5.74, 6) is 1.68. The fourth-order valence-corrected chi connectivity index (χ4v) is 8.33. The molecule has 0 unspecified atom stereocenters. The third-order valence-electron chi connectivity index (χ3n) is 11.0. The lowest BCUT2D eigenvalue weighted by atomic mass is 10.1. The highest BCUT2D eigenvalue weighted by Crippen LogP contribution is 2.41. The summed E-state index contributed by atoms with van der Waals surface area (Å²) in [6, 6.07) is 55.4. The summed E-state index contributed by atoms with van der Waals surface area (Å²) in [7, 11) is 0. The van der Waals surface area contributed by atoms with Gasteiger partial charge in [-0.3, -0.25) is 0 Å². The maximum Gasteiger partial charge on any atom is 0.164 e. The Morgan fingerprint density at radius 1 is 0.483 bits per heavy atom. The van der Waals surface area contributed by atoms with E-state index in [-0.39, 0.29) is 0 Å². The van der Waals surface area contributed by atoms with Crippen molar-refractivity contribution in [3.8, 4) is 34.2 Å². The van der Waals surface area contributed by atoms with Crippen LogP contribution in [-0.4, -0.2) is 24.1 Å². The van der Waals surface area contributed by atoms with Crippen molar-refractivity contribution in [2.24, 2.45) is 0 Å². The van der Waals surface area contributed by atoms with Gasteiger partial charge in [-0.2, -0.15) is 0 Å². The average Bonchev–Trinajstić information content (AvgIpc) is 3.92. The van der Waals surface area contributed by atoms with E-state index in [1.54, 1.807) is 0 Å². The lowest BCUT2D eigenvalue weighted by Gasteiger charge is -2.09. The molecule has 274 valence electrons. The molecule has 0 radical (unpaired) electrons. The minimum Gasteiger partial charge on any atom is -0.456 e. The number of para-hydroxylation sites is 3. The standard InChI is InChI=1S/C52H35N5O/c1-3-4-7-16-33(2)50-53-51(34-17-8-5-9-18-34)55-52(54-50)35-25-27-48-42(29-35)43-30-37(26-28-49(43)58-48)57-45-24-15-13-22-39(45)41-31-46-40(32-47(41)57)38-21-12-14-23-44(38)56(46)36-19-10-6-11-20-36/h3-32H,2H2,1H3/b4-3-,16-7-. The third-order valence-corrected chi connectivity index (χ3v) is 11.0. The number of furan rings is 1. The Morgan fingerprint density at radius 2 is 1.05 bits per heavy atom. The molecule has 0 saturated heterocycles. The third kappa shape index (κ3) is 5.38. The molecule has 0 saturated carbocycles. The van der Waals surface area contributed by atoms with Crippen molar-refractivity contribution in [2.45, 2.75) is 6.92 Å². The van der Waals surface area contributed by atoms with Gasteiger partial charge in [-0.25, -0.2) is 15.0 Å². The van der Waals surface area contributed by atoms with E-state index in [0.717, 1.165) is 55.5 Å². The number of rotatable bonds is 7. The monoisotopic (exact) mass is 745 g/mol. The van der Waals surface area contributed by atoms with Gasteiger partial charge in [0.25, 0.3) is 0 Å². The minimum atomic E-state index is 0.524. The predicted molar refractivity (Wildman–Crippen MR) is 240 cm³/mol. The average molecular weight is 746 g/mol. The zero-order valence-electron chi connectivity index (χ0n) is 31.7. The van der Waals surface area contributed by atoms with Gasteiger partial charge >= 0.3 is 0 Å². The molecule has 0 atom stereocenters. The van der Waals surface area contributed by atoms with Gasteiger partial charge in [-0.1, -0.05) is 116 Å². The molecule has 0 N–H and O–H groups in total. The lowest BCUT2D eigenvalue weighted by molar-refractivity contribution is 0.669. The van der Waals surface area contributed by atoms with Gasteiger partial charge in [0.2, 0.25) is 0 Å². The zero-order chi connectivity index (χ0) is 38.7. The van der Waals surface area contributed by atoms with Crippen molar-refractivity contribution in [3.63, 3.8) is 0 Å². The number of hydrogen-bond acceptors (Lipinski definition) is 4. The van der Waals surface area contributed by atoms with E-state index in [9.17, 15) is 0 Å². The van der Waals surface area contributed by atoms with Gasteiger partial charge in [-0.05, 0) is 79.7 Å². The Morgan fingerprint density at radius 3 is 1.72 bits per heavy atom. The fourth-order valence-electron chi connectivity index (χ4n) is 8.33. The second-order valence-electron chi connectivity index (χ2n) is 14.5. The molecule has 6 nitrogen and oxygen atoms in total. The molecule has 11 rings (SSSR count). The van der Waals surface area contributed by atoms with E-state index in [1.165, 1.54) is 32.6 Å². The molecule has 7 aromatic carbocycles. The first-order valence-electron chi connectivity index (χ1n) is 19.4. The van der Waals surface area contributed by atoms with E-state index >= 15 is 0 Å². The maximum absolute atomic E-state index is 6.46. The van der Waals surface area contributed by atoms with Crippen LogP contribution in [0.5, 0.6) is 0 Å². The van der Waals surface area contributed by atoms with Gasteiger partial charge in [0.15, 0.2) is 17.5 Å². The quantitative estimate of drug-likeness (QED) is 0.152. The molecule has 0 amide bonds. The second kappa shape index (κ2) is 13.4. The van der Waals surface area contributed by atoms with Crippen molar-refractivity contribution < 1.29 is 4.42 Å². The molecule has 0 spiro atoms. The van der Waals surface area contributed by atoms with E-state index in [1.807, 2.05) is 73.7 Å². The second-order valence-corrected chi connectivity index (χ2v) is 14.5. The van der Waals surface area contributed by atoms with Crippen LogP contribution in [0.1, 0.15) is 12.7 Å². The molecular weight excluding hydrogens is 711 g/mol. The van der Waals surface area contributed by atoms with Crippen LogP contribution in [0.25, 0.3) is 105 Å². The molecule has 11 aromatic rings. The number of hydrogen-bond donors (Lipinski definition) is 0. The first-order valence-corrected chi connectivity index (χ1v) is 19.4. The molecule has 0 aliphatic carbocycles. The summed E-state index contributed by atoms with van der Waals surface area (Å²) >= 11 is 0. The molecule has 0 aliphatic heterocycles. The van der Waals surface area contributed by atoms with Crippen molar-refractivity contribution in [1.82, 2.24) is 24.1 Å². The summed E-state index contributed by atoms with van der Waals surface area (Å²) in [5.41, 5.74) is 10.9. The van der Waals surface area contributed by atoms with Crippen LogP contribution < -0.4 is 0 Å². The van der Waals surface area contributed by atoms with Crippen molar-refractivity contribution in [2.75, 3.05) is 0 Å². The van der Waals surface area contributed by atoms with Crippen LogP contribution in [0.2, 0.25) is 0 Å². The normalized spacial score (nSPS) is 12.2. The van der Waals surface area contributed by atoms with Gasteiger partial charge in [-0.15, -0.1) is 0 Å².